The molecule has 60 valence electrons. The zero-order chi connectivity index (χ0) is 8.27. The van der Waals surface area contributed by atoms with Crippen LogP contribution in [0.1, 0.15) is 20.8 Å². The van der Waals surface area contributed by atoms with Gasteiger partial charge in [-0.1, -0.05) is 12.2 Å². The summed E-state index contributed by atoms with van der Waals surface area (Å²) in [5.41, 5.74) is 2.61. The molecule has 0 aliphatic carbocycles. The minimum atomic E-state index is 1.04. The molecule has 1 heteroatoms. The number of hydrogen-bond donors (Lipinski definition) is 0. The molecule has 0 atom stereocenters. The molecule has 0 saturated heterocycles. The van der Waals surface area contributed by atoms with Gasteiger partial charge in [-0.3, -0.25) is 0 Å². The SMILES string of the molecule is CCN1C=C(C)C=CC=C1C. The van der Waals surface area contributed by atoms with Crippen LogP contribution in [0, 0.1) is 0 Å². The smallest absolute Gasteiger partial charge is 0.0193 e. The zero-order valence-electron chi connectivity index (χ0n) is 7.46. The van der Waals surface area contributed by atoms with E-state index < -0.39 is 0 Å². The maximum absolute atomic E-state index is 2.25. The lowest BCUT2D eigenvalue weighted by Gasteiger charge is -2.18. The van der Waals surface area contributed by atoms with Crippen molar-refractivity contribution >= 4 is 0 Å². The molecule has 0 amide bonds. The van der Waals surface area contributed by atoms with E-state index in [1.54, 1.807) is 0 Å². The van der Waals surface area contributed by atoms with E-state index in [0.717, 1.165) is 6.54 Å². The highest BCUT2D eigenvalue weighted by Crippen LogP contribution is 2.11. The Kier molecular flexibility index (Phi) is 2.53. The van der Waals surface area contributed by atoms with E-state index in [2.05, 4.69) is 50.1 Å². The van der Waals surface area contributed by atoms with E-state index in [-0.39, 0.29) is 0 Å². The van der Waals surface area contributed by atoms with Crippen LogP contribution in [0.25, 0.3) is 0 Å². The van der Waals surface area contributed by atoms with Crippen molar-refractivity contribution in [2.24, 2.45) is 0 Å². The van der Waals surface area contributed by atoms with Gasteiger partial charge in [-0.25, -0.2) is 0 Å². The summed E-state index contributed by atoms with van der Waals surface area (Å²) in [6, 6.07) is 0. The summed E-state index contributed by atoms with van der Waals surface area (Å²) < 4.78 is 0. The van der Waals surface area contributed by atoms with Crippen LogP contribution in [-0.2, 0) is 0 Å². The Morgan fingerprint density at radius 1 is 1.36 bits per heavy atom. The first-order valence-electron chi connectivity index (χ1n) is 4.04. The van der Waals surface area contributed by atoms with Gasteiger partial charge in [-0.15, -0.1) is 0 Å². The third-order valence-electron chi connectivity index (χ3n) is 1.85. The topological polar surface area (TPSA) is 3.24 Å². The average molecular weight is 149 g/mol. The molecule has 0 aromatic carbocycles. The van der Waals surface area contributed by atoms with Crippen molar-refractivity contribution in [2.75, 3.05) is 6.54 Å². The summed E-state index contributed by atoms with van der Waals surface area (Å²) in [6.07, 6.45) is 8.53. The predicted octanol–water partition coefficient (Wildman–Crippen LogP) is 2.69. The fourth-order valence-corrected chi connectivity index (χ4v) is 1.17. The highest BCUT2D eigenvalue weighted by Gasteiger charge is 1.99. The summed E-state index contributed by atoms with van der Waals surface area (Å²) in [5.74, 6) is 0. The second-order valence-corrected chi connectivity index (χ2v) is 2.83. The third-order valence-corrected chi connectivity index (χ3v) is 1.85. The van der Waals surface area contributed by atoms with Gasteiger partial charge in [0.2, 0.25) is 0 Å². The van der Waals surface area contributed by atoms with Gasteiger partial charge in [0.1, 0.15) is 0 Å². The van der Waals surface area contributed by atoms with E-state index in [1.807, 2.05) is 0 Å². The molecule has 0 aromatic heterocycles. The summed E-state index contributed by atoms with van der Waals surface area (Å²) in [4.78, 5) is 2.25. The minimum absolute atomic E-state index is 1.04. The largest absolute Gasteiger partial charge is 0.352 e. The first kappa shape index (κ1) is 8.12. The van der Waals surface area contributed by atoms with E-state index in [4.69, 9.17) is 0 Å². The van der Waals surface area contributed by atoms with E-state index in [0.29, 0.717) is 0 Å². The first-order valence-corrected chi connectivity index (χ1v) is 4.04. The van der Waals surface area contributed by atoms with Crippen LogP contribution >= 0.6 is 0 Å². The van der Waals surface area contributed by atoms with Gasteiger partial charge in [-0.05, 0) is 32.4 Å². The number of hydrogen-bond acceptors (Lipinski definition) is 1. The summed E-state index contributed by atoms with van der Waals surface area (Å²) in [6.45, 7) is 7.45. The molecule has 1 aliphatic rings. The zero-order valence-corrected chi connectivity index (χ0v) is 7.46. The molecule has 0 unspecified atom stereocenters. The Morgan fingerprint density at radius 3 is 2.73 bits per heavy atom. The van der Waals surface area contributed by atoms with Crippen molar-refractivity contribution in [3.05, 3.63) is 35.7 Å². The lowest BCUT2D eigenvalue weighted by Crippen LogP contribution is -2.13. The van der Waals surface area contributed by atoms with Gasteiger partial charge in [0.15, 0.2) is 0 Å². The maximum Gasteiger partial charge on any atom is 0.0193 e. The normalized spacial score (nSPS) is 17.5. The van der Waals surface area contributed by atoms with Gasteiger partial charge < -0.3 is 4.90 Å². The van der Waals surface area contributed by atoms with Gasteiger partial charge in [0.05, 0.1) is 0 Å². The molecule has 0 fully saturated rings. The Labute approximate surface area is 68.7 Å². The summed E-state index contributed by atoms with van der Waals surface area (Å²) >= 11 is 0. The van der Waals surface area contributed by atoms with Gasteiger partial charge in [0, 0.05) is 18.4 Å². The lowest BCUT2D eigenvalue weighted by molar-refractivity contribution is 0.491. The number of allylic oxidation sites excluding steroid dienone is 5. The lowest BCUT2D eigenvalue weighted by atomic mass is 10.3. The van der Waals surface area contributed by atoms with E-state index in [9.17, 15) is 0 Å². The molecular weight excluding hydrogens is 134 g/mol. The van der Waals surface area contributed by atoms with E-state index >= 15 is 0 Å². The Hall–Kier alpha value is -0.980. The van der Waals surface area contributed by atoms with Crippen molar-refractivity contribution in [1.82, 2.24) is 4.90 Å². The quantitative estimate of drug-likeness (QED) is 0.554. The van der Waals surface area contributed by atoms with Crippen LogP contribution in [-0.4, -0.2) is 11.4 Å². The number of rotatable bonds is 1. The highest BCUT2D eigenvalue weighted by molar-refractivity contribution is 5.26. The van der Waals surface area contributed by atoms with Crippen LogP contribution in [0.3, 0.4) is 0 Å². The van der Waals surface area contributed by atoms with Gasteiger partial charge in [0.25, 0.3) is 0 Å². The molecule has 0 spiro atoms. The van der Waals surface area contributed by atoms with Crippen molar-refractivity contribution in [3.8, 4) is 0 Å². The fourth-order valence-electron chi connectivity index (χ4n) is 1.17. The molecule has 0 N–H and O–H groups in total. The van der Waals surface area contributed by atoms with Crippen LogP contribution < -0.4 is 0 Å². The second kappa shape index (κ2) is 3.42. The van der Waals surface area contributed by atoms with Crippen LogP contribution in [0.2, 0.25) is 0 Å². The van der Waals surface area contributed by atoms with Crippen LogP contribution in [0.4, 0.5) is 0 Å². The standard InChI is InChI=1S/C10H15N/c1-4-11-8-9(2)6-5-7-10(11)3/h5-8H,4H2,1-3H3. The first-order chi connectivity index (χ1) is 5.24. The van der Waals surface area contributed by atoms with Gasteiger partial charge >= 0.3 is 0 Å². The minimum Gasteiger partial charge on any atom is -0.352 e. The Morgan fingerprint density at radius 2 is 2.09 bits per heavy atom. The molecule has 1 heterocycles. The van der Waals surface area contributed by atoms with Crippen molar-refractivity contribution in [2.45, 2.75) is 20.8 Å². The monoisotopic (exact) mass is 149 g/mol. The molecule has 1 rings (SSSR count). The molecule has 0 radical (unpaired) electrons. The van der Waals surface area contributed by atoms with Crippen molar-refractivity contribution in [3.63, 3.8) is 0 Å². The van der Waals surface area contributed by atoms with Crippen LogP contribution in [0.15, 0.2) is 35.7 Å². The average Bonchev–Trinajstić information content (AvgIpc) is 2.13. The Balaban J connectivity index is 2.86. The molecule has 0 aromatic rings. The number of nitrogens with zero attached hydrogens (tertiary/aromatic N) is 1. The van der Waals surface area contributed by atoms with Crippen molar-refractivity contribution in [1.29, 1.82) is 0 Å². The fraction of sp³-hybridized carbons (Fsp3) is 0.400. The molecule has 0 saturated carbocycles. The maximum atomic E-state index is 2.25. The summed E-state index contributed by atoms with van der Waals surface area (Å²) in [5, 5.41) is 0. The third kappa shape index (κ3) is 1.97. The molecule has 1 aliphatic heterocycles. The predicted molar refractivity (Wildman–Crippen MR) is 49.0 cm³/mol. The second-order valence-electron chi connectivity index (χ2n) is 2.83. The highest BCUT2D eigenvalue weighted by atomic mass is 15.1. The van der Waals surface area contributed by atoms with Crippen LogP contribution in [0.5, 0.6) is 0 Å². The molecule has 1 nitrogen and oxygen atoms in total. The van der Waals surface area contributed by atoms with Crippen molar-refractivity contribution < 1.29 is 0 Å². The molecule has 11 heavy (non-hydrogen) atoms. The summed E-state index contributed by atoms with van der Waals surface area (Å²) in [7, 11) is 0. The molecular formula is C10H15N. The molecule has 0 bridgehead atoms. The van der Waals surface area contributed by atoms with E-state index in [1.165, 1.54) is 11.3 Å². The Bertz CT molecular complexity index is 221. The van der Waals surface area contributed by atoms with Gasteiger partial charge in [-0.2, -0.15) is 0 Å².